The Bertz CT molecular complexity index is 608. The first kappa shape index (κ1) is 12.3. The van der Waals surface area contributed by atoms with Gasteiger partial charge in [-0.3, -0.25) is 4.98 Å². The molecule has 94 valence electrons. The molecular formula is C12H8F3NO2. The summed E-state index contributed by atoms with van der Waals surface area (Å²) < 4.78 is 43.0. The Morgan fingerprint density at radius 3 is 2.67 bits per heavy atom. The molecule has 2 rings (SSSR count). The van der Waals surface area contributed by atoms with E-state index < -0.39 is 17.7 Å². The first-order chi connectivity index (χ1) is 8.43. The predicted molar refractivity (Wildman–Crippen MR) is 58.1 cm³/mol. The van der Waals surface area contributed by atoms with Crippen molar-refractivity contribution < 1.29 is 22.7 Å². The molecule has 0 aliphatic heterocycles. The number of fused-ring (bicyclic) bond motifs is 1. The molecule has 6 heteroatoms. The molecule has 1 aromatic heterocycles. The van der Waals surface area contributed by atoms with Crippen molar-refractivity contribution in [2.45, 2.75) is 6.18 Å². The van der Waals surface area contributed by atoms with Crippen LogP contribution in [0.15, 0.2) is 30.5 Å². The Labute approximate surface area is 100 Å². The number of esters is 1. The van der Waals surface area contributed by atoms with Gasteiger partial charge in [-0.25, -0.2) is 4.79 Å². The normalized spacial score (nSPS) is 11.6. The van der Waals surface area contributed by atoms with Crippen molar-refractivity contribution in [2.24, 2.45) is 0 Å². The average Bonchev–Trinajstić information content (AvgIpc) is 2.35. The Hall–Kier alpha value is -2.11. The van der Waals surface area contributed by atoms with Gasteiger partial charge in [-0.15, -0.1) is 0 Å². The number of hydrogen-bond donors (Lipinski definition) is 0. The molecular weight excluding hydrogens is 247 g/mol. The fourth-order valence-corrected chi connectivity index (χ4v) is 1.64. The van der Waals surface area contributed by atoms with Crippen molar-refractivity contribution in [3.8, 4) is 0 Å². The Balaban J connectivity index is 2.77. The maximum Gasteiger partial charge on any atom is 0.418 e. The number of carbonyl (C=O) groups excluding carboxylic acids is 1. The van der Waals surface area contributed by atoms with Crippen molar-refractivity contribution in [2.75, 3.05) is 7.11 Å². The van der Waals surface area contributed by atoms with Crippen molar-refractivity contribution in [3.63, 3.8) is 0 Å². The SMILES string of the molecule is COC(=O)c1cc(C(F)(F)F)c2ncccc2c1. The van der Waals surface area contributed by atoms with E-state index in [1.807, 2.05) is 0 Å². The molecule has 0 saturated carbocycles. The molecule has 0 atom stereocenters. The fraction of sp³-hybridized carbons (Fsp3) is 0.167. The Morgan fingerprint density at radius 2 is 2.06 bits per heavy atom. The summed E-state index contributed by atoms with van der Waals surface area (Å²) in [5.74, 6) is -0.814. The zero-order chi connectivity index (χ0) is 13.3. The van der Waals surface area contributed by atoms with Crippen molar-refractivity contribution in [1.29, 1.82) is 0 Å². The van der Waals surface area contributed by atoms with Crippen LogP contribution in [-0.4, -0.2) is 18.1 Å². The highest BCUT2D eigenvalue weighted by molar-refractivity contribution is 5.95. The van der Waals surface area contributed by atoms with Gasteiger partial charge in [-0.1, -0.05) is 6.07 Å². The van der Waals surface area contributed by atoms with Crippen LogP contribution < -0.4 is 0 Å². The summed E-state index contributed by atoms with van der Waals surface area (Å²) in [5.41, 5.74) is -1.27. The zero-order valence-electron chi connectivity index (χ0n) is 9.28. The minimum atomic E-state index is -4.57. The lowest BCUT2D eigenvalue weighted by Crippen LogP contribution is -2.10. The monoisotopic (exact) mass is 255 g/mol. The van der Waals surface area contributed by atoms with Crippen LogP contribution in [0.3, 0.4) is 0 Å². The summed E-state index contributed by atoms with van der Waals surface area (Å²) in [7, 11) is 1.11. The van der Waals surface area contributed by atoms with E-state index in [4.69, 9.17) is 0 Å². The third-order valence-corrected chi connectivity index (χ3v) is 2.43. The highest BCUT2D eigenvalue weighted by Gasteiger charge is 2.34. The molecule has 0 aliphatic carbocycles. The van der Waals surface area contributed by atoms with Crippen molar-refractivity contribution in [3.05, 3.63) is 41.6 Å². The molecule has 1 heterocycles. The second-order valence-electron chi connectivity index (χ2n) is 3.59. The minimum Gasteiger partial charge on any atom is -0.465 e. The van der Waals surface area contributed by atoms with Gasteiger partial charge in [-0.2, -0.15) is 13.2 Å². The second kappa shape index (κ2) is 4.29. The number of hydrogen-bond acceptors (Lipinski definition) is 3. The van der Waals surface area contributed by atoms with Gasteiger partial charge in [-0.05, 0) is 18.2 Å². The number of rotatable bonds is 1. The molecule has 1 aromatic carbocycles. The van der Waals surface area contributed by atoms with Crippen molar-refractivity contribution in [1.82, 2.24) is 4.98 Å². The molecule has 0 aliphatic rings. The molecule has 0 radical (unpaired) electrons. The molecule has 18 heavy (non-hydrogen) atoms. The van der Waals surface area contributed by atoms with E-state index in [0.29, 0.717) is 0 Å². The second-order valence-corrected chi connectivity index (χ2v) is 3.59. The van der Waals surface area contributed by atoms with Gasteiger partial charge >= 0.3 is 12.1 Å². The number of pyridine rings is 1. The number of nitrogens with zero attached hydrogens (tertiary/aromatic N) is 1. The number of halogens is 3. The van der Waals surface area contributed by atoms with Crippen LogP contribution in [0.2, 0.25) is 0 Å². The molecule has 3 nitrogen and oxygen atoms in total. The molecule has 0 fully saturated rings. The molecule has 0 spiro atoms. The highest BCUT2D eigenvalue weighted by atomic mass is 19.4. The van der Waals surface area contributed by atoms with Gasteiger partial charge in [0.15, 0.2) is 0 Å². The lowest BCUT2D eigenvalue weighted by atomic mass is 10.0. The van der Waals surface area contributed by atoms with Crippen LogP contribution in [0.25, 0.3) is 10.9 Å². The van der Waals surface area contributed by atoms with Gasteiger partial charge in [0.2, 0.25) is 0 Å². The quantitative estimate of drug-likeness (QED) is 0.735. The topological polar surface area (TPSA) is 39.2 Å². The number of methoxy groups -OCH3 is 1. The molecule has 0 unspecified atom stereocenters. The Kier molecular flexibility index (Phi) is 2.94. The summed E-state index contributed by atoms with van der Waals surface area (Å²) in [6.07, 6.45) is -3.30. The first-order valence-electron chi connectivity index (χ1n) is 4.98. The van der Waals surface area contributed by atoms with Crippen LogP contribution >= 0.6 is 0 Å². The lowest BCUT2D eigenvalue weighted by Gasteiger charge is -2.11. The number of aromatic nitrogens is 1. The van der Waals surface area contributed by atoms with Gasteiger partial charge in [0.25, 0.3) is 0 Å². The molecule has 0 amide bonds. The van der Waals surface area contributed by atoms with Gasteiger partial charge < -0.3 is 4.74 Å². The van der Waals surface area contributed by atoms with Crippen LogP contribution in [0, 0.1) is 0 Å². The maximum atomic E-state index is 12.9. The zero-order valence-corrected chi connectivity index (χ0v) is 9.28. The van der Waals surface area contributed by atoms with Gasteiger partial charge in [0.05, 0.1) is 23.8 Å². The standard InChI is InChI=1S/C12H8F3NO2/c1-18-11(17)8-5-7-3-2-4-16-10(7)9(6-8)12(13,14)15/h2-6H,1H3. The summed E-state index contributed by atoms with van der Waals surface area (Å²) in [6, 6.07) is 5.04. The van der Waals surface area contributed by atoms with Gasteiger partial charge in [0, 0.05) is 11.6 Å². The number of carbonyl (C=O) groups is 1. The van der Waals surface area contributed by atoms with E-state index in [1.54, 1.807) is 0 Å². The van der Waals surface area contributed by atoms with Crippen LogP contribution in [0.1, 0.15) is 15.9 Å². The fourth-order valence-electron chi connectivity index (χ4n) is 1.64. The van der Waals surface area contributed by atoms with E-state index in [1.165, 1.54) is 24.4 Å². The van der Waals surface area contributed by atoms with E-state index in [9.17, 15) is 18.0 Å². The molecule has 0 saturated heterocycles. The molecule has 2 aromatic rings. The average molecular weight is 255 g/mol. The van der Waals surface area contributed by atoms with Gasteiger partial charge in [0.1, 0.15) is 0 Å². The van der Waals surface area contributed by atoms with Crippen LogP contribution in [-0.2, 0) is 10.9 Å². The molecule has 0 bridgehead atoms. The molecule has 0 N–H and O–H groups in total. The number of benzene rings is 1. The summed E-state index contributed by atoms with van der Waals surface area (Å²) in [4.78, 5) is 15.0. The third kappa shape index (κ3) is 2.13. The third-order valence-electron chi connectivity index (χ3n) is 2.43. The van der Waals surface area contributed by atoms with Crippen LogP contribution in [0.5, 0.6) is 0 Å². The number of ether oxygens (including phenoxy) is 1. The minimum absolute atomic E-state index is 0.148. The van der Waals surface area contributed by atoms with E-state index in [0.717, 1.165) is 13.2 Å². The smallest absolute Gasteiger partial charge is 0.418 e. The van der Waals surface area contributed by atoms with Crippen LogP contribution in [0.4, 0.5) is 13.2 Å². The predicted octanol–water partition coefficient (Wildman–Crippen LogP) is 3.04. The Morgan fingerprint density at radius 1 is 1.33 bits per heavy atom. The largest absolute Gasteiger partial charge is 0.465 e. The van der Waals surface area contributed by atoms with Crippen molar-refractivity contribution >= 4 is 16.9 Å². The maximum absolute atomic E-state index is 12.9. The first-order valence-corrected chi connectivity index (χ1v) is 4.98. The summed E-state index contributed by atoms with van der Waals surface area (Å²) in [5, 5.41) is 0.243. The summed E-state index contributed by atoms with van der Waals surface area (Å²) >= 11 is 0. The van der Waals surface area contributed by atoms with E-state index in [2.05, 4.69) is 9.72 Å². The summed E-state index contributed by atoms with van der Waals surface area (Å²) in [6.45, 7) is 0. The van der Waals surface area contributed by atoms with E-state index in [-0.39, 0.29) is 16.5 Å². The number of alkyl halides is 3. The van der Waals surface area contributed by atoms with E-state index >= 15 is 0 Å². The highest BCUT2D eigenvalue weighted by Crippen LogP contribution is 2.34. The lowest BCUT2D eigenvalue weighted by molar-refractivity contribution is -0.136.